The molecule has 2 aromatic heterocycles. The van der Waals surface area contributed by atoms with Crippen molar-refractivity contribution in [1.82, 2.24) is 14.5 Å². The number of H-pyrrole nitrogens is 1. The molecule has 1 atom stereocenters. The van der Waals surface area contributed by atoms with Gasteiger partial charge in [0.1, 0.15) is 6.61 Å². The zero-order valence-electron chi connectivity index (χ0n) is 18.7. The number of carbonyl (C=O) groups excluding carboxylic acids is 1. The van der Waals surface area contributed by atoms with Gasteiger partial charge < -0.3 is 19.2 Å². The van der Waals surface area contributed by atoms with Crippen LogP contribution in [0.5, 0.6) is 0 Å². The fraction of sp³-hybridized carbons (Fsp3) is 0.296. The van der Waals surface area contributed by atoms with E-state index in [-0.39, 0.29) is 12.1 Å². The average molecular weight is 428 g/mol. The predicted octanol–water partition coefficient (Wildman–Crippen LogP) is 5.92. The third kappa shape index (κ3) is 3.91. The maximum atomic E-state index is 12.8. The number of hydrogen-bond donors (Lipinski definition) is 1. The summed E-state index contributed by atoms with van der Waals surface area (Å²) in [4.78, 5) is 18.1. The molecule has 32 heavy (non-hydrogen) atoms. The second kappa shape index (κ2) is 8.58. The first kappa shape index (κ1) is 20.4. The van der Waals surface area contributed by atoms with Gasteiger partial charge in [0.15, 0.2) is 0 Å². The molecule has 1 fully saturated rings. The topological polar surface area (TPSA) is 50.3 Å². The first-order valence-electron chi connectivity index (χ1n) is 11.3. The quantitative estimate of drug-likeness (QED) is 0.430. The molecule has 1 aliphatic rings. The molecule has 5 rings (SSSR count). The molecule has 5 nitrogen and oxygen atoms in total. The van der Waals surface area contributed by atoms with Crippen LogP contribution in [-0.4, -0.2) is 33.1 Å². The van der Waals surface area contributed by atoms with E-state index in [1.807, 2.05) is 35.2 Å². The van der Waals surface area contributed by atoms with Gasteiger partial charge in [-0.25, -0.2) is 4.79 Å². The summed E-state index contributed by atoms with van der Waals surface area (Å²) >= 11 is 0. The van der Waals surface area contributed by atoms with Gasteiger partial charge in [-0.2, -0.15) is 0 Å². The monoisotopic (exact) mass is 427 g/mol. The molecule has 2 aromatic carbocycles. The Labute approximate surface area is 188 Å². The van der Waals surface area contributed by atoms with E-state index >= 15 is 0 Å². The number of aryl methyl sites for hydroxylation is 2. The summed E-state index contributed by atoms with van der Waals surface area (Å²) in [5.41, 5.74) is 7.00. The highest BCUT2D eigenvalue weighted by atomic mass is 16.6. The Hall–Kier alpha value is -3.47. The van der Waals surface area contributed by atoms with Gasteiger partial charge in [0.2, 0.25) is 0 Å². The fourth-order valence-electron chi connectivity index (χ4n) is 4.89. The lowest BCUT2D eigenvalue weighted by molar-refractivity contribution is 0.0921. The summed E-state index contributed by atoms with van der Waals surface area (Å²) in [5.74, 6) is 0. The number of aromatic amines is 1. The van der Waals surface area contributed by atoms with Gasteiger partial charge in [0, 0.05) is 46.8 Å². The third-order valence-electron chi connectivity index (χ3n) is 6.55. The number of amides is 1. The number of rotatable bonds is 5. The van der Waals surface area contributed by atoms with Crippen LogP contribution in [0.1, 0.15) is 35.4 Å². The van der Waals surface area contributed by atoms with E-state index in [9.17, 15) is 4.79 Å². The van der Waals surface area contributed by atoms with Gasteiger partial charge in [-0.1, -0.05) is 30.3 Å². The van der Waals surface area contributed by atoms with Crippen LogP contribution in [0.2, 0.25) is 0 Å². The highest BCUT2D eigenvalue weighted by Gasteiger charge is 2.30. The Bertz CT molecular complexity index is 1220. The number of aromatic nitrogens is 2. The molecule has 1 saturated heterocycles. The Morgan fingerprint density at radius 1 is 1.06 bits per heavy atom. The van der Waals surface area contributed by atoms with E-state index in [1.54, 1.807) is 0 Å². The Morgan fingerprint density at radius 2 is 1.84 bits per heavy atom. The van der Waals surface area contributed by atoms with Crippen molar-refractivity contribution in [3.8, 4) is 5.69 Å². The van der Waals surface area contributed by atoms with Crippen LogP contribution in [0.3, 0.4) is 0 Å². The lowest BCUT2D eigenvalue weighted by Crippen LogP contribution is -2.37. The highest BCUT2D eigenvalue weighted by molar-refractivity contribution is 5.85. The van der Waals surface area contributed by atoms with Crippen molar-refractivity contribution in [2.45, 2.75) is 45.8 Å². The number of carbonyl (C=O) groups is 1. The first-order valence-corrected chi connectivity index (χ1v) is 11.3. The summed E-state index contributed by atoms with van der Waals surface area (Å²) in [6.45, 7) is 5.34. The van der Waals surface area contributed by atoms with Crippen LogP contribution in [0.15, 0.2) is 66.9 Å². The molecule has 164 valence electrons. The van der Waals surface area contributed by atoms with E-state index in [0.29, 0.717) is 6.61 Å². The maximum Gasteiger partial charge on any atom is 0.410 e. The maximum absolute atomic E-state index is 12.8. The zero-order valence-corrected chi connectivity index (χ0v) is 18.7. The molecule has 0 saturated carbocycles. The van der Waals surface area contributed by atoms with Crippen molar-refractivity contribution >= 4 is 17.0 Å². The number of likely N-dealkylation sites (tertiary alicyclic amines) is 1. The molecule has 0 radical (unpaired) electrons. The number of nitrogens with zero attached hydrogens (tertiary/aromatic N) is 2. The van der Waals surface area contributed by atoms with E-state index in [1.165, 1.54) is 28.0 Å². The summed E-state index contributed by atoms with van der Waals surface area (Å²) in [7, 11) is 0. The minimum absolute atomic E-state index is 0.163. The molecule has 1 amide bonds. The van der Waals surface area contributed by atoms with Crippen molar-refractivity contribution < 1.29 is 9.53 Å². The number of fused-ring (bicyclic) bond motifs is 1. The van der Waals surface area contributed by atoms with Gasteiger partial charge in [0.05, 0.1) is 0 Å². The Morgan fingerprint density at radius 3 is 2.62 bits per heavy atom. The minimum Gasteiger partial charge on any atom is -0.445 e. The highest BCUT2D eigenvalue weighted by Crippen LogP contribution is 2.28. The van der Waals surface area contributed by atoms with Crippen molar-refractivity contribution in [1.29, 1.82) is 0 Å². The molecule has 1 N–H and O–H groups in total. The summed E-state index contributed by atoms with van der Waals surface area (Å²) < 4.78 is 7.90. The summed E-state index contributed by atoms with van der Waals surface area (Å²) in [6, 6.07) is 20.9. The number of benzene rings is 2. The van der Waals surface area contributed by atoms with E-state index in [4.69, 9.17) is 4.74 Å². The summed E-state index contributed by atoms with van der Waals surface area (Å²) in [5, 5.41) is 1.22. The molecule has 0 unspecified atom stereocenters. The van der Waals surface area contributed by atoms with Crippen molar-refractivity contribution in [3.63, 3.8) is 0 Å². The van der Waals surface area contributed by atoms with Crippen LogP contribution in [0.4, 0.5) is 4.79 Å². The molecule has 0 spiro atoms. The van der Waals surface area contributed by atoms with Crippen LogP contribution in [0, 0.1) is 13.8 Å². The number of nitrogens with one attached hydrogen (secondary N) is 1. The lowest BCUT2D eigenvalue weighted by atomic mass is 10.0. The number of hydrogen-bond acceptors (Lipinski definition) is 2. The van der Waals surface area contributed by atoms with E-state index in [0.717, 1.165) is 36.9 Å². The molecule has 0 bridgehead atoms. The molecular formula is C27H29N3O2. The molecule has 5 heteroatoms. The number of ether oxygens (including phenoxy) is 1. The van der Waals surface area contributed by atoms with E-state index in [2.05, 4.69) is 59.9 Å². The van der Waals surface area contributed by atoms with Crippen LogP contribution >= 0.6 is 0 Å². The molecular weight excluding hydrogens is 398 g/mol. The van der Waals surface area contributed by atoms with Crippen molar-refractivity contribution in [3.05, 3.63) is 89.4 Å². The molecule has 1 aliphatic heterocycles. The molecule has 4 aromatic rings. The first-order chi connectivity index (χ1) is 15.6. The van der Waals surface area contributed by atoms with E-state index < -0.39 is 0 Å². The molecule has 0 aliphatic carbocycles. The van der Waals surface area contributed by atoms with Gasteiger partial charge in [0.25, 0.3) is 0 Å². The van der Waals surface area contributed by atoms with Gasteiger partial charge in [-0.3, -0.25) is 0 Å². The van der Waals surface area contributed by atoms with Crippen LogP contribution in [0.25, 0.3) is 16.6 Å². The Balaban J connectivity index is 1.34. The lowest BCUT2D eigenvalue weighted by Gasteiger charge is -2.24. The van der Waals surface area contributed by atoms with Gasteiger partial charge in [-0.05, 0) is 74.6 Å². The molecule has 3 heterocycles. The smallest absolute Gasteiger partial charge is 0.410 e. The van der Waals surface area contributed by atoms with Gasteiger partial charge in [-0.15, -0.1) is 0 Å². The fourth-order valence-corrected chi connectivity index (χ4v) is 4.89. The second-order valence-electron chi connectivity index (χ2n) is 8.73. The minimum atomic E-state index is -0.213. The SMILES string of the molecule is Cc1ccc(C)n1-c1ccc2[nH]cc(C[C@H]3CCCN3C(=O)OCc3ccccc3)c2c1. The second-order valence-corrected chi connectivity index (χ2v) is 8.73. The summed E-state index contributed by atoms with van der Waals surface area (Å²) in [6.07, 6.45) is 4.72. The van der Waals surface area contributed by atoms with Gasteiger partial charge >= 0.3 is 6.09 Å². The van der Waals surface area contributed by atoms with Crippen LogP contribution < -0.4 is 0 Å². The van der Waals surface area contributed by atoms with Crippen molar-refractivity contribution in [2.75, 3.05) is 6.54 Å². The predicted molar refractivity (Wildman–Crippen MR) is 127 cm³/mol. The average Bonchev–Trinajstić information content (AvgIpc) is 3.52. The zero-order chi connectivity index (χ0) is 22.1. The largest absolute Gasteiger partial charge is 0.445 e. The standard InChI is InChI=1S/C27H29N3O2/c1-19-10-11-20(2)30(19)24-12-13-26-25(16-24)22(17-28-26)15-23-9-6-14-29(23)27(31)32-18-21-7-4-3-5-8-21/h3-5,7-8,10-13,16-17,23,28H,6,9,14-15,18H2,1-2H3/t23-/m1/s1. The van der Waals surface area contributed by atoms with Crippen LogP contribution in [-0.2, 0) is 17.8 Å². The van der Waals surface area contributed by atoms with Crippen molar-refractivity contribution in [2.24, 2.45) is 0 Å². The Kier molecular flexibility index (Phi) is 5.48. The normalized spacial score (nSPS) is 16.1. The third-order valence-corrected chi connectivity index (χ3v) is 6.55.